The SMILES string of the molecule is Cc1cccc(C)c1C=Nc1c(C(C)C)cccc1C(C)C. The van der Waals surface area contributed by atoms with Gasteiger partial charge in [-0.3, -0.25) is 4.99 Å². The van der Waals surface area contributed by atoms with Crippen molar-refractivity contribution in [1.29, 1.82) is 0 Å². The van der Waals surface area contributed by atoms with Crippen LogP contribution in [0.3, 0.4) is 0 Å². The molecule has 0 atom stereocenters. The Morgan fingerprint density at radius 2 is 1.23 bits per heavy atom. The molecule has 0 unspecified atom stereocenters. The summed E-state index contributed by atoms with van der Waals surface area (Å²) in [6.07, 6.45) is 2.04. The standard InChI is InChI=1S/C21H27N/c1-14(2)18-11-8-12-19(15(3)4)21(18)22-13-20-16(5)9-7-10-17(20)6/h7-15H,1-6H3. The van der Waals surface area contributed by atoms with E-state index in [1.165, 1.54) is 27.8 Å². The van der Waals surface area contributed by atoms with Gasteiger partial charge in [-0.05, 0) is 53.5 Å². The third kappa shape index (κ3) is 3.47. The van der Waals surface area contributed by atoms with Gasteiger partial charge in [0.05, 0.1) is 5.69 Å². The Morgan fingerprint density at radius 3 is 1.68 bits per heavy atom. The zero-order valence-corrected chi connectivity index (χ0v) is 14.6. The fourth-order valence-electron chi connectivity index (χ4n) is 2.82. The first-order chi connectivity index (χ1) is 10.4. The number of aryl methyl sites for hydroxylation is 2. The minimum Gasteiger partial charge on any atom is -0.256 e. The van der Waals surface area contributed by atoms with Gasteiger partial charge in [-0.1, -0.05) is 64.1 Å². The number of benzene rings is 2. The summed E-state index contributed by atoms with van der Waals surface area (Å²) in [6, 6.07) is 13.0. The number of rotatable bonds is 4. The van der Waals surface area contributed by atoms with Crippen LogP contribution in [0.5, 0.6) is 0 Å². The second kappa shape index (κ2) is 6.91. The Hall–Kier alpha value is -1.89. The van der Waals surface area contributed by atoms with Crippen molar-refractivity contribution in [3.63, 3.8) is 0 Å². The highest BCUT2D eigenvalue weighted by molar-refractivity contribution is 5.86. The molecule has 0 aliphatic heterocycles. The molecule has 1 nitrogen and oxygen atoms in total. The maximum Gasteiger partial charge on any atom is 0.0699 e. The van der Waals surface area contributed by atoms with E-state index in [9.17, 15) is 0 Å². The molecule has 0 amide bonds. The number of para-hydroxylation sites is 1. The summed E-state index contributed by atoms with van der Waals surface area (Å²) in [7, 11) is 0. The van der Waals surface area contributed by atoms with Gasteiger partial charge in [0, 0.05) is 6.21 Å². The van der Waals surface area contributed by atoms with Gasteiger partial charge in [0.15, 0.2) is 0 Å². The first-order valence-corrected chi connectivity index (χ1v) is 8.15. The smallest absolute Gasteiger partial charge is 0.0699 e. The average Bonchev–Trinajstić information content (AvgIpc) is 2.46. The molecular formula is C21H27N. The fourth-order valence-corrected chi connectivity index (χ4v) is 2.82. The largest absolute Gasteiger partial charge is 0.256 e. The van der Waals surface area contributed by atoms with E-state index in [1.807, 2.05) is 6.21 Å². The molecule has 0 aliphatic carbocycles. The van der Waals surface area contributed by atoms with Crippen molar-refractivity contribution in [1.82, 2.24) is 0 Å². The Labute approximate surface area is 135 Å². The molecule has 116 valence electrons. The van der Waals surface area contributed by atoms with Crippen LogP contribution < -0.4 is 0 Å². The molecule has 0 aliphatic rings. The second-order valence-corrected chi connectivity index (χ2v) is 6.66. The lowest BCUT2D eigenvalue weighted by atomic mass is 9.93. The van der Waals surface area contributed by atoms with Crippen LogP contribution >= 0.6 is 0 Å². The summed E-state index contributed by atoms with van der Waals surface area (Å²) in [6.45, 7) is 13.2. The highest BCUT2D eigenvalue weighted by atomic mass is 14.7. The van der Waals surface area contributed by atoms with Crippen LogP contribution in [-0.4, -0.2) is 6.21 Å². The van der Waals surface area contributed by atoms with Crippen molar-refractivity contribution >= 4 is 11.9 Å². The molecule has 2 aromatic carbocycles. The molecule has 0 spiro atoms. The zero-order chi connectivity index (χ0) is 16.3. The van der Waals surface area contributed by atoms with E-state index in [0.29, 0.717) is 11.8 Å². The molecule has 0 fully saturated rings. The predicted octanol–water partition coefficient (Wildman–Crippen LogP) is 6.30. The van der Waals surface area contributed by atoms with E-state index < -0.39 is 0 Å². The second-order valence-electron chi connectivity index (χ2n) is 6.66. The molecule has 0 saturated heterocycles. The monoisotopic (exact) mass is 293 g/mol. The molecule has 0 bridgehead atoms. The lowest BCUT2D eigenvalue weighted by Crippen LogP contribution is -1.97. The van der Waals surface area contributed by atoms with Gasteiger partial charge >= 0.3 is 0 Å². The van der Waals surface area contributed by atoms with Crippen molar-refractivity contribution < 1.29 is 0 Å². The molecule has 22 heavy (non-hydrogen) atoms. The maximum atomic E-state index is 4.92. The quantitative estimate of drug-likeness (QED) is 0.586. The zero-order valence-electron chi connectivity index (χ0n) is 14.6. The molecule has 0 aromatic heterocycles. The van der Waals surface area contributed by atoms with E-state index in [2.05, 4.69) is 77.9 Å². The minimum atomic E-state index is 0.476. The molecule has 1 heteroatoms. The molecular weight excluding hydrogens is 266 g/mol. The van der Waals surface area contributed by atoms with Crippen LogP contribution in [0.15, 0.2) is 41.4 Å². The fraction of sp³-hybridized carbons (Fsp3) is 0.381. The maximum absolute atomic E-state index is 4.92. The highest BCUT2D eigenvalue weighted by Crippen LogP contribution is 2.34. The Bertz CT molecular complexity index is 632. The number of hydrogen-bond acceptors (Lipinski definition) is 1. The van der Waals surface area contributed by atoms with Crippen molar-refractivity contribution in [2.24, 2.45) is 4.99 Å². The van der Waals surface area contributed by atoms with Gasteiger partial charge in [0.2, 0.25) is 0 Å². The topological polar surface area (TPSA) is 12.4 Å². The Kier molecular flexibility index (Phi) is 5.18. The van der Waals surface area contributed by atoms with Crippen molar-refractivity contribution in [2.45, 2.75) is 53.4 Å². The molecule has 0 heterocycles. The first-order valence-electron chi connectivity index (χ1n) is 8.15. The van der Waals surface area contributed by atoms with Crippen molar-refractivity contribution in [2.75, 3.05) is 0 Å². The van der Waals surface area contributed by atoms with Crippen LogP contribution in [0.2, 0.25) is 0 Å². The molecule has 2 rings (SSSR count). The highest BCUT2D eigenvalue weighted by Gasteiger charge is 2.12. The van der Waals surface area contributed by atoms with Gasteiger partial charge < -0.3 is 0 Å². The van der Waals surface area contributed by atoms with Crippen LogP contribution in [0.25, 0.3) is 0 Å². The van der Waals surface area contributed by atoms with E-state index in [-0.39, 0.29) is 0 Å². The number of aliphatic imine (C=N–C) groups is 1. The van der Waals surface area contributed by atoms with Gasteiger partial charge in [-0.2, -0.15) is 0 Å². The van der Waals surface area contributed by atoms with Crippen LogP contribution in [0, 0.1) is 13.8 Å². The molecule has 0 N–H and O–H groups in total. The van der Waals surface area contributed by atoms with Crippen LogP contribution in [0.4, 0.5) is 5.69 Å². The molecule has 0 saturated carbocycles. The summed E-state index contributed by atoms with van der Waals surface area (Å²) in [5.41, 5.74) is 7.59. The van der Waals surface area contributed by atoms with Gasteiger partial charge in [-0.15, -0.1) is 0 Å². The van der Waals surface area contributed by atoms with Gasteiger partial charge in [-0.25, -0.2) is 0 Å². The van der Waals surface area contributed by atoms with E-state index in [1.54, 1.807) is 0 Å². The van der Waals surface area contributed by atoms with E-state index >= 15 is 0 Å². The summed E-state index contributed by atoms with van der Waals surface area (Å²) in [5.74, 6) is 0.952. The number of nitrogens with zero attached hydrogens (tertiary/aromatic N) is 1. The third-order valence-electron chi connectivity index (χ3n) is 4.21. The van der Waals surface area contributed by atoms with E-state index in [4.69, 9.17) is 4.99 Å². The summed E-state index contributed by atoms with van der Waals surface area (Å²) in [5, 5.41) is 0. The summed E-state index contributed by atoms with van der Waals surface area (Å²) < 4.78 is 0. The Balaban J connectivity index is 2.54. The lowest BCUT2D eigenvalue weighted by Gasteiger charge is -2.16. The van der Waals surface area contributed by atoms with E-state index in [0.717, 1.165) is 5.69 Å². The van der Waals surface area contributed by atoms with Crippen LogP contribution in [-0.2, 0) is 0 Å². The van der Waals surface area contributed by atoms with Gasteiger partial charge in [0.1, 0.15) is 0 Å². The number of hydrogen-bond donors (Lipinski definition) is 0. The first kappa shape index (κ1) is 16.5. The lowest BCUT2D eigenvalue weighted by molar-refractivity contribution is 0.835. The molecule has 2 aromatic rings. The summed E-state index contributed by atoms with van der Waals surface area (Å²) in [4.78, 5) is 4.92. The van der Waals surface area contributed by atoms with Gasteiger partial charge in [0.25, 0.3) is 0 Å². The Morgan fingerprint density at radius 1 is 0.773 bits per heavy atom. The predicted molar refractivity (Wildman–Crippen MR) is 97.8 cm³/mol. The third-order valence-corrected chi connectivity index (χ3v) is 4.21. The van der Waals surface area contributed by atoms with Crippen LogP contribution in [0.1, 0.15) is 67.3 Å². The summed E-state index contributed by atoms with van der Waals surface area (Å²) >= 11 is 0. The normalized spacial score (nSPS) is 11.8. The molecule has 0 radical (unpaired) electrons. The van der Waals surface area contributed by atoms with Crippen molar-refractivity contribution in [3.05, 3.63) is 64.2 Å². The van der Waals surface area contributed by atoms with Crippen molar-refractivity contribution in [3.8, 4) is 0 Å². The minimum absolute atomic E-state index is 0.476. The average molecular weight is 293 g/mol.